The van der Waals surface area contributed by atoms with E-state index in [-0.39, 0.29) is 46.6 Å². The lowest BCUT2D eigenvalue weighted by Gasteiger charge is -2.36. The van der Waals surface area contributed by atoms with Crippen molar-refractivity contribution in [2.45, 2.75) is 22.1 Å². The lowest BCUT2D eigenvalue weighted by molar-refractivity contribution is -0.138. The first-order valence-electron chi connectivity index (χ1n) is 11.4. The van der Waals surface area contributed by atoms with Crippen LogP contribution in [0.15, 0.2) is 58.5 Å². The number of rotatable bonds is 5. The molecule has 1 aromatic heterocycles. The number of halogens is 8. The van der Waals surface area contributed by atoms with Gasteiger partial charge in [0.05, 0.1) is 32.3 Å². The van der Waals surface area contributed by atoms with Crippen LogP contribution >= 0.6 is 35.0 Å². The first kappa shape index (κ1) is 29.8. The number of nitrogens with zero attached hydrogens (tertiary/aromatic N) is 3. The molecule has 0 unspecified atom stereocenters. The van der Waals surface area contributed by atoms with E-state index in [9.17, 15) is 35.9 Å². The summed E-state index contributed by atoms with van der Waals surface area (Å²) in [5.74, 6) is -1.66. The van der Waals surface area contributed by atoms with Crippen molar-refractivity contribution in [3.63, 3.8) is 0 Å². The highest BCUT2D eigenvalue weighted by Crippen LogP contribution is 2.40. The zero-order valence-corrected chi connectivity index (χ0v) is 22.4. The van der Waals surface area contributed by atoms with Gasteiger partial charge in [-0.15, -0.1) is 0 Å². The second-order valence-corrected chi connectivity index (χ2v) is 10.6. The monoisotopic (exact) mass is 622 g/mol. The van der Waals surface area contributed by atoms with E-state index in [0.29, 0.717) is 28.7 Å². The van der Waals surface area contributed by atoms with E-state index in [1.54, 1.807) is 4.90 Å². The van der Waals surface area contributed by atoms with E-state index in [1.165, 1.54) is 17.2 Å². The van der Waals surface area contributed by atoms with Crippen LogP contribution in [0.5, 0.6) is 0 Å². The molecule has 1 aliphatic rings. The van der Waals surface area contributed by atoms with Gasteiger partial charge in [0.2, 0.25) is 5.91 Å². The zero-order valence-electron chi connectivity index (χ0n) is 20.1. The van der Waals surface area contributed by atoms with Crippen molar-refractivity contribution in [1.29, 1.82) is 0 Å². The van der Waals surface area contributed by atoms with Gasteiger partial charge in [0.1, 0.15) is 5.82 Å². The molecular weight excluding hydrogens is 605 g/mol. The summed E-state index contributed by atoms with van der Waals surface area (Å²) in [6.45, 7) is 0.493. The number of anilines is 1. The minimum Gasteiger partial charge on any atom is -0.366 e. The standard InChI is InChI=1S/C25H18Cl2F6N4O2S/c26-14-9-19(27)22(35-12-14)36-5-7-37(8-6-36)23(39)16-10-17(21(34)38)20(11-18(16)25(31,32)33)40-15-3-1-13(2-4-15)24(28,29)30/h1-4,9-12H,5-8H2,(H2,34,38). The molecule has 0 bridgehead atoms. The van der Waals surface area contributed by atoms with E-state index in [2.05, 4.69) is 4.98 Å². The highest BCUT2D eigenvalue weighted by molar-refractivity contribution is 7.99. The maximum absolute atomic E-state index is 14.1. The highest BCUT2D eigenvalue weighted by atomic mass is 35.5. The van der Waals surface area contributed by atoms with E-state index in [0.717, 1.165) is 30.3 Å². The summed E-state index contributed by atoms with van der Waals surface area (Å²) in [6, 6.07) is 6.54. The van der Waals surface area contributed by atoms with Crippen LogP contribution < -0.4 is 10.6 Å². The van der Waals surface area contributed by atoms with Crippen LogP contribution in [0.2, 0.25) is 10.0 Å². The van der Waals surface area contributed by atoms with Crippen molar-refractivity contribution < 1.29 is 35.9 Å². The van der Waals surface area contributed by atoms with Crippen molar-refractivity contribution in [1.82, 2.24) is 9.88 Å². The van der Waals surface area contributed by atoms with E-state index in [1.807, 2.05) is 0 Å². The summed E-state index contributed by atoms with van der Waals surface area (Å²) >= 11 is 12.7. The Hall–Kier alpha value is -3.16. The van der Waals surface area contributed by atoms with Crippen molar-refractivity contribution in [2.24, 2.45) is 5.73 Å². The molecule has 1 saturated heterocycles. The minimum absolute atomic E-state index is 0.0325. The Morgan fingerprint density at radius 2 is 1.50 bits per heavy atom. The third-order valence-corrected chi connectivity index (χ3v) is 7.54. The van der Waals surface area contributed by atoms with Crippen LogP contribution in [0.25, 0.3) is 0 Å². The van der Waals surface area contributed by atoms with Gasteiger partial charge in [-0.3, -0.25) is 9.59 Å². The number of hydrogen-bond donors (Lipinski definition) is 1. The van der Waals surface area contributed by atoms with Gasteiger partial charge in [-0.2, -0.15) is 26.3 Å². The fraction of sp³-hybridized carbons (Fsp3) is 0.240. The summed E-state index contributed by atoms with van der Waals surface area (Å²) in [5.41, 5.74) is 2.02. The van der Waals surface area contributed by atoms with Crippen LogP contribution in [0.4, 0.5) is 32.2 Å². The molecule has 15 heteroatoms. The predicted octanol–water partition coefficient (Wildman–Crippen LogP) is 6.64. The molecule has 3 aromatic rings. The molecule has 0 spiro atoms. The third kappa shape index (κ3) is 6.58. The van der Waals surface area contributed by atoms with Gasteiger partial charge in [0.25, 0.3) is 5.91 Å². The Morgan fingerprint density at radius 3 is 2.02 bits per heavy atom. The number of amides is 2. The number of alkyl halides is 6. The number of pyridine rings is 1. The van der Waals surface area contributed by atoms with Crippen molar-refractivity contribution in [3.05, 3.63) is 81.0 Å². The number of primary amides is 1. The molecule has 0 saturated carbocycles. The molecule has 4 rings (SSSR count). The van der Waals surface area contributed by atoms with Gasteiger partial charge in [-0.1, -0.05) is 35.0 Å². The molecular formula is C25H18Cl2F6N4O2S. The summed E-state index contributed by atoms with van der Waals surface area (Å²) in [6.07, 6.45) is -8.19. The lowest BCUT2D eigenvalue weighted by atomic mass is 10.0. The molecule has 0 aliphatic carbocycles. The first-order chi connectivity index (χ1) is 18.6. The Kier molecular flexibility index (Phi) is 8.48. The number of carbonyl (C=O) groups excluding carboxylic acids is 2. The van der Waals surface area contributed by atoms with Gasteiger partial charge < -0.3 is 15.5 Å². The molecule has 2 amide bonds. The molecule has 1 fully saturated rings. The van der Waals surface area contributed by atoms with Gasteiger partial charge in [0.15, 0.2) is 0 Å². The number of nitrogens with two attached hydrogens (primary N) is 1. The zero-order chi connectivity index (χ0) is 29.4. The van der Waals surface area contributed by atoms with Crippen LogP contribution in [0.3, 0.4) is 0 Å². The second-order valence-electron chi connectivity index (χ2n) is 8.62. The number of benzene rings is 2. The van der Waals surface area contributed by atoms with Gasteiger partial charge >= 0.3 is 12.4 Å². The average molecular weight is 623 g/mol. The number of piperazine rings is 1. The number of aromatic nitrogens is 1. The fourth-order valence-corrected chi connectivity index (χ4v) is 5.51. The second kappa shape index (κ2) is 11.4. The van der Waals surface area contributed by atoms with E-state index >= 15 is 0 Å². The molecule has 1 aliphatic heterocycles. The molecule has 212 valence electrons. The lowest BCUT2D eigenvalue weighted by Crippen LogP contribution is -2.49. The Bertz CT molecular complexity index is 1440. The maximum atomic E-state index is 14.1. The maximum Gasteiger partial charge on any atom is 0.417 e. The SMILES string of the molecule is NC(=O)c1cc(C(=O)N2CCN(c3ncc(Cl)cc3Cl)CC2)c(C(F)(F)F)cc1Sc1ccc(C(F)(F)F)cc1. The normalized spacial score (nSPS) is 14.4. The Morgan fingerprint density at radius 1 is 0.875 bits per heavy atom. The largest absolute Gasteiger partial charge is 0.417 e. The quantitative estimate of drug-likeness (QED) is 0.323. The molecule has 6 nitrogen and oxygen atoms in total. The Labute approximate surface area is 238 Å². The van der Waals surface area contributed by atoms with Crippen molar-refractivity contribution >= 4 is 52.6 Å². The number of carbonyl (C=O) groups is 2. The summed E-state index contributed by atoms with van der Waals surface area (Å²) in [5, 5.41) is 0.603. The topological polar surface area (TPSA) is 79.5 Å². The first-order valence-corrected chi connectivity index (χ1v) is 13.0. The van der Waals surface area contributed by atoms with Crippen LogP contribution in [-0.2, 0) is 12.4 Å². The molecule has 2 N–H and O–H groups in total. The smallest absolute Gasteiger partial charge is 0.366 e. The van der Waals surface area contributed by atoms with E-state index in [4.69, 9.17) is 28.9 Å². The van der Waals surface area contributed by atoms with Crippen molar-refractivity contribution in [2.75, 3.05) is 31.1 Å². The fourth-order valence-electron chi connectivity index (χ4n) is 4.04. The van der Waals surface area contributed by atoms with Crippen LogP contribution in [0, 0.1) is 0 Å². The van der Waals surface area contributed by atoms with Gasteiger partial charge in [0, 0.05) is 42.2 Å². The summed E-state index contributed by atoms with van der Waals surface area (Å²) in [7, 11) is 0. The highest BCUT2D eigenvalue weighted by Gasteiger charge is 2.38. The molecule has 0 atom stereocenters. The Balaban J connectivity index is 1.62. The summed E-state index contributed by atoms with van der Waals surface area (Å²) in [4.78, 5) is 32.5. The molecule has 40 heavy (non-hydrogen) atoms. The molecule has 0 radical (unpaired) electrons. The predicted molar refractivity (Wildman–Crippen MR) is 138 cm³/mol. The summed E-state index contributed by atoms with van der Waals surface area (Å²) < 4.78 is 80.9. The van der Waals surface area contributed by atoms with Gasteiger partial charge in [-0.25, -0.2) is 4.98 Å². The average Bonchev–Trinajstić information content (AvgIpc) is 2.87. The van der Waals surface area contributed by atoms with Crippen molar-refractivity contribution in [3.8, 4) is 0 Å². The molecule has 2 heterocycles. The molecule has 2 aromatic carbocycles. The third-order valence-electron chi connectivity index (χ3n) is 5.99. The number of hydrogen-bond acceptors (Lipinski definition) is 5. The van der Waals surface area contributed by atoms with Gasteiger partial charge in [-0.05, 0) is 42.5 Å². The van der Waals surface area contributed by atoms with E-state index < -0.39 is 40.9 Å². The minimum atomic E-state index is -4.99. The van der Waals surface area contributed by atoms with Crippen LogP contribution in [0.1, 0.15) is 31.8 Å². The van der Waals surface area contributed by atoms with Crippen LogP contribution in [-0.4, -0.2) is 47.9 Å².